The zero-order valence-corrected chi connectivity index (χ0v) is 19.5. The predicted octanol–water partition coefficient (Wildman–Crippen LogP) is 8.69. The van der Waals surface area contributed by atoms with Gasteiger partial charge >= 0.3 is 0 Å². The molecule has 166 valence electrons. The van der Waals surface area contributed by atoms with Gasteiger partial charge in [-0.2, -0.15) is 5.26 Å². The Morgan fingerprint density at radius 1 is 0.774 bits per heavy atom. The number of nitriles is 1. The third-order valence-corrected chi connectivity index (χ3v) is 7.43. The molecule has 2 saturated carbocycles. The maximum atomic E-state index is 8.54. The number of benzene rings is 1. The van der Waals surface area contributed by atoms with E-state index >= 15 is 0 Å². The van der Waals surface area contributed by atoms with Gasteiger partial charge in [0.15, 0.2) is 0 Å². The molecule has 3 rings (SSSR count). The fourth-order valence-electron chi connectivity index (χ4n) is 5.34. The molecule has 0 bridgehead atoms. The van der Waals surface area contributed by atoms with Gasteiger partial charge in [-0.05, 0) is 99.0 Å². The second-order valence-corrected chi connectivity index (χ2v) is 9.74. The van der Waals surface area contributed by atoms with Crippen molar-refractivity contribution >= 4 is 0 Å². The molecule has 0 radical (unpaired) electrons. The molecule has 0 spiro atoms. The van der Waals surface area contributed by atoms with E-state index < -0.39 is 0 Å². The molecule has 1 nitrogen and oxygen atoms in total. The molecule has 0 amide bonds. The first-order chi connectivity index (χ1) is 15.3. The number of allylic oxidation sites excluding steroid dienone is 6. The minimum absolute atomic E-state index is 0.696. The summed E-state index contributed by atoms with van der Waals surface area (Å²) in [6, 6.07) is 11.6. The van der Waals surface area contributed by atoms with Crippen LogP contribution in [0.3, 0.4) is 0 Å². The average Bonchev–Trinajstić information content (AvgIpc) is 2.82. The maximum absolute atomic E-state index is 8.54. The van der Waals surface area contributed by atoms with E-state index in [1.54, 1.807) is 11.6 Å². The number of hydrogen-bond donors (Lipinski definition) is 0. The van der Waals surface area contributed by atoms with Crippen molar-refractivity contribution in [3.63, 3.8) is 0 Å². The molecule has 1 aromatic carbocycles. The third-order valence-electron chi connectivity index (χ3n) is 7.43. The lowest BCUT2D eigenvalue weighted by Crippen LogP contribution is -2.14. The largest absolute Gasteiger partial charge is 0.193 e. The Labute approximate surface area is 191 Å². The molecular formula is C30H41N. The highest BCUT2D eigenvalue weighted by Crippen LogP contribution is 2.37. The summed E-state index contributed by atoms with van der Waals surface area (Å²) >= 11 is 0. The van der Waals surface area contributed by atoms with E-state index in [-0.39, 0.29) is 0 Å². The van der Waals surface area contributed by atoms with Crippen LogP contribution in [0, 0.1) is 29.1 Å². The Balaban J connectivity index is 1.36. The first-order valence-electron chi connectivity index (χ1n) is 12.8. The van der Waals surface area contributed by atoms with Crippen molar-refractivity contribution in [2.24, 2.45) is 17.8 Å². The molecule has 0 heterocycles. The van der Waals surface area contributed by atoms with E-state index in [0.29, 0.717) is 5.92 Å². The van der Waals surface area contributed by atoms with Gasteiger partial charge in [0.25, 0.3) is 0 Å². The predicted molar refractivity (Wildman–Crippen MR) is 133 cm³/mol. The van der Waals surface area contributed by atoms with Crippen LogP contribution in [-0.2, 0) is 6.42 Å². The topological polar surface area (TPSA) is 23.8 Å². The van der Waals surface area contributed by atoms with Gasteiger partial charge in [0, 0.05) is 6.08 Å². The number of unbranched alkanes of at least 4 members (excludes halogenated alkanes) is 2. The highest BCUT2D eigenvalue weighted by Gasteiger charge is 2.22. The molecule has 2 aliphatic rings. The van der Waals surface area contributed by atoms with E-state index in [4.69, 9.17) is 5.26 Å². The summed E-state index contributed by atoms with van der Waals surface area (Å²) in [6.45, 7) is 2.27. The van der Waals surface area contributed by atoms with Gasteiger partial charge in [0.05, 0.1) is 6.07 Å². The second kappa shape index (κ2) is 13.4. The minimum Gasteiger partial charge on any atom is -0.193 e. The molecule has 2 aliphatic carbocycles. The van der Waals surface area contributed by atoms with E-state index in [2.05, 4.69) is 49.4 Å². The van der Waals surface area contributed by atoms with Crippen molar-refractivity contribution < 1.29 is 0 Å². The van der Waals surface area contributed by atoms with E-state index in [1.807, 2.05) is 18.2 Å². The summed E-state index contributed by atoms with van der Waals surface area (Å²) in [7, 11) is 0. The molecule has 0 saturated heterocycles. The normalized spacial score (nSPS) is 27.2. The molecule has 31 heavy (non-hydrogen) atoms. The first kappa shape index (κ1) is 23.6. The van der Waals surface area contributed by atoms with Crippen LogP contribution in [0.5, 0.6) is 0 Å². The fourth-order valence-corrected chi connectivity index (χ4v) is 5.34. The van der Waals surface area contributed by atoms with Gasteiger partial charge in [-0.25, -0.2) is 0 Å². The van der Waals surface area contributed by atoms with Gasteiger partial charge in [0.1, 0.15) is 0 Å². The van der Waals surface area contributed by atoms with E-state index in [0.717, 1.165) is 17.8 Å². The summed E-state index contributed by atoms with van der Waals surface area (Å²) in [5.41, 5.74) is 3.08. The molecule has 0 unspecified atom stereocenters. The molecule has 0 aliphatic heterocycles. The van der Waals surface area contributed by atoms with Crippen LogP contribution >= 0.6 is 0 Å². The maximum Gasteiger partial charge on any atom is 0.0912 e. The Morgan fingerprint density at radius 3 is 1.94 bits per heavy atom. The van der Waals surface area contributed by atoms with Crippen molar-refractivity contribution in [2.45, 2.75) is 89.9 Å². The summed E-state index contributed by atoms with van der Waals surface area (Å²) in [4.78, 5) is 0. The Morgan fingerprint density at radius 2 is 1.35 bits per heavy atom. The summed E-state index contributed by atoms with van der Waals surface area (Å²) in [5, 5.41) is 8.54. The summed E-state index contributed by atoms with van der Waals surface area (Å²) in [5.74, 6) is 3.03. The van der Waals surface area contributed by atoms with Crippen molar-refractivity contribution in [3.8, 4) is 6.07 Å². The summed E-state index contributed by atoms with van der Waals surface area (Å²) < 4.78 is 0. The Hall–Kier alpha value is -2.07. The second-order valence-electron chi connectivity index (χ2n) is 9.74. The van der Waals surface area contributed by atoms with Crippen LogP contribution in [0.25, 0.3) is 0 Å². The smallest absolute Gasteiger partial charge is 0.0912 e. The van der Waals surface area contributed by atoms with Crippen LogP contribution in [0.4, 0.5) is 0 Å². The van der Waals surface area contributed by atoms with Crippen molar-refractivity contribution in [1.29, 1.82) is 5.26 Å². The Kier molecular flexibility index (Phi) is 10.2. The summed E-state index contributed by atoms with van der Waals surface area (Å²) in [6.07, 6.45) is 28.6. The quantitative estimate of drug-likeness (QED) is 0.171. The number of hydrogen-bond acceptors (Lipinski definition) is 1. The third kappa shape index (κ3) is 8.17. The van der Waals surface area contributed by atoms with Crippen LogP contribution in [-0.4, -0.2) is 0 Å². The average molecular weight is 416 g/mol. The van der Waals surface area contributed by atoms with E-state index in [1.165, 1.54) is 82.6 Å². The number of aryl methyl sites for hydroxylation is 1. The lowest BCUT2D eigenvalue weighted by Gasteiger charge is -2.28. The van der Waals surface area contributed by atoms with Crippen molar-refractivity contribution in [3.05, 3.63) is 71.8 Å². The molecule has 0 aromatic heterocycles. The van der Waals surface area contributed by atoms with Crippen LogP contribution in [0.15, 0.2) is 60.7 Å². The Bertz CT molecular complexity index is 745. The van der Waals surface area contributed by atoms with Gasteiger partial charge < -0.3 is 0 Å². The lowest BCUT2D eigenvalue weighted by molar-refractivity contribution is 0.348. The molecule has 2 fully saturated rings. The molecule has 0 atom stereocenters. The standard InChI is InChI=1S/C30H41N/c1-2-3-5-8-26-16-20-29(21-17-26)30-22-18-28(19-23-30)15-14-27-12-10-25(11-13-27)9-6-4-7-24-31/h4,6-7,9,14-17,20-21,25,27-28,30H,2-3,5,8,10-13,18-19,22-23H2,1H3/t25-,27-,28-,30-. The van der Waals surface area contributed by atoms with Crippen LogP contribution in [0.1, 0.15) is 94.6 Å². The van der Waals surface area contributed by atoms with Crippen LogP contribution < -0.4 is 0 Å². The van der Waals surface area contributed by atoms with Gasteiger partial charge in [0.2, 0.25) is 0 Å². The van der Waals surface area contributed by atoms with Gasteiger partial charge in [-0.15, -0.1) is 0 Å². The minimum atomic E-state index is 0.696. The SMILES string of the molecule is CCCCCc1ccc([C@H]2CC[C@H](C=C[C@H]3CC[C@H](C=CC=CC#N)CC3)CC2)cc1. The van der Waals surface area contributed by atoms with Crippen LogP contribution in [0.2, 0.25) is 0 Å². The zero-order chi connectivity index (χ0) is 21.7. The monoisotopic (exact) mass is 415 g/mol. The van der Waals surface area contributed by atoms with E-state index in [9.17, 15) is 0 Å². The lowest BCUT2D eigenvalue weighted by atomic mass is 9.77. The van der Waals surface area contributed by atoms with Gasteiger partial charge in [-0.1, -0.05) is 74.4 Å². The highest BCUT2D eigenvalue weighted by molar-refractivity contribution is 5.26. The fraction of sp³-hybridized carbons (Fsp3) is 0.567. The molecule has 0 N–H and O–H groups in total. The molecular weight excluding hydrogens is 374 g/mol. The number of nitrogens with zero attached hydrogens (tertiary/aromatic N) is 1. The number of rotatable bonds is 9. The first-order valence-corrected chi connectivity index (χ1v) is 12.8. The molecule has 1 aromatic rings. The highest BCUT2D eigenvalue weighted by atomic mass is 14.3. The zero-order valence-electron chi connectivity index (χ0n) is 19.5. The molecule has 1 heteroatoms. The van der Waals surface area contributed by atoms with Crippen molar-refractivity contribution in [1.82, 2.24) is 0 Å². The van der Waals surface area contributed by atoms with Gasteiger partial charge in [-0.3, -0.25) is 0 Å². The van der Waals surface area contributed by atoms with Crippen molar-refractivity contribution in [2.75, 3.05) is 0 Å².